The number of rotatable bonds is 4. The Morgan fingerprint density at radius 1 is 1.15 bits per heavy atom. The normalized spacial score (nSPS) is 16.4. The fourth-order valence-corrected chi connectivity index (χ4v) is 3.83. The minimum Gasteiger partial charge on any atom is -0.481 e. The molecule has 1 saturated heterocycles. The van der Waals surface area contributed by atoms with Gasteiger partial charge >= 0.3 is 5.97 Å². The number of likely N-dealkylation sites (tertiary alicyclic amines) is 1. The van der Waals surface area contributed by atoms with Crippen molar-refractivity contribution in [2.75, 3.05) is 13.1 Å². The van der Waals surface area contributed by atoms with Gasteiger partial charge in [0.2, 0.25) is 5.91 Å². The second-order valence-electron chi connectivity index (χ2n) is 7.28. The van der Waals surface area contributed by atoms with Gasteiger partial charge in [-0.2, -0.15) is 5.10 Å². The summed E-state index contributed by atoms with van der Waals surface area (Å²) in [4.78, 5) is 26.5. The first-order valence-electron chi connectivity index (χ1n) is 9.02. The van der Waals surface area contributed by atoms with Gasteiger partial charge in [0.25, 0.3) is 0 Å². The highest BCUT2D eigenvalue weighted by Gasteiger charge is 2.43. The minimum atomic E-state index is -0.938. The quantitative estimate of drug-likeness (QED) is 0.871. The first-order chi connectivity index (χ1) is 12.7. The smallest absolute Gasteiger partial charge is 0.314 e. The number of carbonyl (C=O) groups excluding carboxylic acids is 1. The number of hydrogen-bond donors (Lipinski definition) is 1. The van der Waals surface area contributed by atoms with Crippen molar-refractivity contribution >= 4 is 23.5 Å². The summed E-state index contributed by atoms with van der Waals surface area (Å²) in [5.41, 5.74) is 2.42. The first kappa shape index (κ1) is 19.4. The Balaban J connectivity index is 1.72. The third kappa shape index (κ3) is 3.58. The summed E-state index contributed by atoms with van der Waals surface area (Å²) in [7, 11) is 0. The fraction of sp³-hybridized carbons (Fsp3) is 0.450. The van der Waals surface area contributed by atoms with Crippen LogP contribution in [-0.2, 0) is 21.5 Å². The van der Waals surface area contributed by atoms with Crippen LogP contribution in [0.5, 0.6) is 0 Å². The number of aliphatic carboxylic acids is 1. The average Bonchev–Trinajstić information content (AvgIpc) is 2.89. The molecule has 3 rings (SSSR count). The van der Waals surface area contributed by atoms with E-state index in [-0.39, 0.29) is 12.5 Å². The molecule has 0 saturated carbocycles. The standard InChI is InChI=1S/C20H24ClN3O3/c1-13-4-6-16(7-5-13)20(19(26)27)8-10-23(11-9-20)17(25)12-24-15(3)18(21)14(2)22-24/h4-7H,8-12H2,1-3H3,(H,26,27). The molecule has 1 aromatic heterocycles. The zero-order valence-corrected chi connectivity index (χ0v) is 16.6. The third-order valence-electron chi connectivity index (χ3n) is 5.56. The molecule has 2 aromatic rings. The molecule has 1 fully saturated rings. The van der Waals surface area contributed by atoms with Crippen molar-refractivity contribution in [3.63, 3.8) is 0 Å². The number of piperidine rings is 1. The van der Waals surface area contributed by atoms with Crippen LogP contribution < -0.4 is 0 Å². The molecule has 1 aliphatic rings. The third-order valence-corrected chi connectivity index (χ3v) is 6.11. The van der Waals surface area contributed by atoms with Gasteiger partial charge < -0.3 is 10.0 Å². The SMILES string of the molecule is Cc1ccc(C2(C(=O)O)CCN(C(=O)Cn3nc(C)c(Cl)c3C)CC2)cc1. The molecule has 1 aliphatic heterocycles. The van der Waals surface area contributed by atoms with Gasteiger partial charge in [0.1, 0.15) is 6.54 Å². The topological polar surface area (TPSA) is 75.4 Å². The van der Waals surface area contributed by atoms with E-state index < -0.39 is 11.4 Å². The molecule has 1 aromatic carbocycles. The summed E-state index contributed by atoms with van der Waals surface area (Å²) in [6.07, 6.45) is 0.796. The summed E-state index contributed by atoms with van der Waals surface area (Å²) in [5, 5.41) is 14.8. The summed E-state index contributed by atoms with van der Waals surface area (Å²) in [5.74, 6) is -0.899. The summed E-state index contributed by atoms with van der Waals surface area (Å²) in [6.45, 7) is 6.55. The van der Waals surface area contributed by atoms with E-state index in [1.807, 2.05) is 38.1 Å². The Labute approximate surface area is 163 Å². The van der Waals surface area contributed by atoms with E-state index in [9.17, 15) is 14.7 Å². The number of carboxylic acid groups (broad SMARTS) is 1. The lowest BCUT2D eigenvalue weighted by atomic mass is 9.72. The molecule has 144 valence electrons. The highest BCUT2D eigenvalue weighted by molar-refractivity contribution is 6.31. The molecular formula is C20H24ClN3O3. The molecule has 1 N–H and O–H groups in total. The number of carbonyl (C=O) groups is 2. The number of halogens is 1. The van der Waals surface area contributed by atoms with Crippen molar-refractivity contribution in [3.05, 3.63) is 51.8 Å². The van der Waals surface area contributed by atoms with Gasteiger partial charge in [-0.05, 0) is 39.2 Å². The van der Waals surface area contributed by atoms with Gasteiger partial charge in [-0.25, -0.2) is 0 Å². The van der Waals surface area contributed by atoms with Crippen molar-refractivity contribution in [3.8, 4) is 0 Å². The maximum atomic E-state index is 12.7. The Morgan fingerprint density at radius 3 is 2.22 bits per heavy atom. The number of amides is 1. The van der Waals surface area contributed by atoms with Crippen LogP contribution in [-0.4, -0.2) is 44.8 Å². The van der Waals surface area contributed by atoms with Crippen molar-refractivity contribution in [1.29, 1.82) is 0 Å². The molecular weight excluding hydrogens is 366 g/mol. The van der Waals surface area contributed by atoms with Crippen molar-refractivity contribution in [2.45, 2.75) is 45.6 Å². The van der Waals surface area contributed by atoms with Crippen molar-refractivity contribution in [1.82, 2.24) is 14.7 Å². The van der Waals surface area contributed by atoms with E-state index in [4.69, 9.17) is 11.6 Å². The Bertz CT molecular complexity index is 865. The number of aryl methyl sites for hydroxylation is 2. The maximum Gasteiger partial charge on any atom is 0.314 e. The van der Waals surface area contributed by atoms with E-state index in [0.717, 1.165) is 16.8 Å². The molecule has 0 atom stereocenters. The molecule has 7 heteroatoms. The number of carboxylic acids is 1. The van der Waals surface area contributed by atoms with Crippen LogP contribution in [0.25, 0.3) is 0 Å². The lowest BCUT2D eigenvalue weighted by molar-refractivity contribution is -0.148. The lowest BCUT2D eigenvalue weighted by Crippen LogP contribution is -2.49. The number of hydrogen-bond acceptors (Lipinski definition) is 3. The molecule has 0 spiro atoms. The Kier molecular flexibility index (Phi) is 5.29. The molecule has 0 bridgehead atoms. The molecule has 0 aliphatic carbocycles. The molecule has 1 amide bonds. The summed E-state index contributed by atoms with van der Waals surface area (Å²) >= 11 is 6.15. The van der Waals surface area contributed by atoms with Crippen LogP contribution in [0.4, 0.5) is 0 Å². The Morgan fingerprint density at radius 2 is 1.74 bits per heavy atom. The summed E-state index contributed by atoms with van der Waals surface area (Å²) < 4.78 is 1.61. The predicted molar refractivity (Wildman–Crippen MR) is 103 cm³/mol. The van der Waals surface area contributed by atoms with E-state index in [1.165, 1.54) is 0 Å². The highest BCUT2D eigenvalue weighted by atomic mass is 35.5. The van der Waals surface area contributed by atoms with Gasteiger partial charge in [0.05, 0.1) is 21.8 Å². The molecule has 0 unspecified atom stereocenters. The van der Waals surface area contributed by atoms with Gasteiger partial charge in [-0.1, -0.05) is 41.4 Å². The van der Waals surface area contributed by atoms with E-state index in [2.05, 4.69) is 5.10 Å². The van der Waals surface area contributed by atoms with Crippen LogP contribution in [0.15, 0.2) is 24.3 Å². The zero-order chi connectivity index (χ0) is 19.8. The molecule has 0 radical (unpaired) electrons. The van der Waals surface area contributed by atoms with Crippen LogP contribution >= 0.6 is 11.6 Å². The Hall–Kier alpha value is -2.34. The second-order valence-corrected chi connectivity index (χ2v) is 7.65. The van der Waals surface area contributed by atoms with Crippen molar-refractivity contribution in [2.24, 2.45) is 0 Å². The molecule has 6 nitrogen and oxygen atoms in total. The molecule has 27 heavy (non-hydrogen) atoms. The van der Waals surface area contributed by atoms with E-state index in [0.29, 0.717) is 36.6 Å². The highest BCUT2D eigenvalue weighted by Crippen LogP contribution is 2.36. The van der Waals surface area contributed by atoms with Gasteiger partial charge in [0.15, 0.2) is 0 Å². The predicted octanol–water partition coefficient (Wildman–Crippen LogP) is 3.11. The number of benzene rings is 1. The van der Waals surface area contributed by atoms with E-state index in [1.54, 1.807) is 16.5 Å². The lowest BCUT2D eigenvalue weighted by Gasteiger charge is -2.39. The minimum absolute atomic E-state index is 0.0693. The van der Waals surface area contributed by atoms with Crippen LogP contribution in [0.1, 0.15) is 35.4 Å². The number of nitrogens with zero attached hydrogens (tertiary/aromatic N) is 3. The zero-order valence-electron chi connectivity index (χ0n) is 15.8. The van der Waals surface area contributed by atoms with Gasteiger partial charge in [-0.3, -0.25) is 14.3 Å². The monoisotopic (exact) mass is 389 g/mol. The molecule has 2 heterocycles. The maximum absolute atomic E-state index is 12.7. The fourth-order valence-electron chi connectivity index (χ4n) is 3.69. The van der Waals surface area contributed by atoms with Gasteiger partial charge in [0, 0.05) is 13.1 Å². The van der Waals surface area contributed by atoms with Crippen LogP contribution in [0.3, 0.4) is 0 Å². The van der Waals surface area contributed by atoms with Crippen LogP contribution in [0.2, 0.25) is 5.02 Å². The van der Waals surface area contributed by atoms with Crippen LogP contribution in [0, 0.1) is 20.8 Å². The average molecular weight is 390 g/mol. The second kappa shape index (κ2) is 7.35. The van der Waals surface area contributed by atoms with Crippen molar-refractivity contribution < 1.29 is 14.7 Å². The van der Waals surface area contributed by atoms with Gasteiger partial charge in [-0.15, -0.1) is 0 Å². The number of aromatic nitrogens is 2. The largest absolute Gasteiger partial charge is 0.481 e. The van der Waals surface area contributed by atoms with E-state index >= 15 is 0 Å². The summed E-state index contributed by atoms with van der Waals surface area (Å²) in [6, 6.07) is 7.64. The first-order valence-corrected chi connectivity index (χ1v) is 9.40.